The fraction of sp³-hybridized carbons (Fsp3) is 0.538. The molecular formula is C13H20N4O2. The van der Waals surface area contributed by atoms with E-state index in [0.29, 0.717) is 17.2 Å². The lowest BCUT2D eigenvalue weighted by Gasteiger charge is -2.28. The molecule has 5 N–H and O–H groups in total. The monoisotopic (exact) mass is 264 g/mol. The maximum atomic E-state index is 12.2. The van der Waals surface area contributed by atoms with Crippen LogP contribution in [0.3, 0.4) is 0 Å². The zero-order valence-electron chi connectivity index (χ0n) is 10.8. The molecule has 0 aliphatic heterocycles. The molecule has 1 amide bonds. The van der Waals surface area contributed by atoms with E-state index in [-0.39, 0.29) is 18.6 Å². The van der Waals surface area contributed by atoms with Crippen molar-refractivity contribution in [3.8, 4) is 0 Å². The summed E-state index contributed by atoms with van der Waals surface area (Å²) in [4.78, 5) is 16.1. The van der Waals surface area contributed by atoms with Crippen LogP contribution in [0, 0.1) is 5.92 Å². The van der Waals surface area contributed by atoms with Gasteiger partial charge in [0.25, 0.3) is 5.91 Å². The van der Waals surface area contributed by atoms with Gasteiger partial charge < -0.3 is 15.8 Å². The molecule has 6 nitrogen and oxygen atoms in total. The lowest BCUT2D eigenvalue weighted by molar-refractivity contribution is 0.0914. The largest absolute Gasteiger partial charge is 0.396 e. The first kappa shape index (κ1) is 13.8. The summed E-state index contributed by atoms with van der Waals surface area (Å²) in [6, 6.07) is 1.82. The summed E-state index contributed by atoms with van der Waals surface area (Å²) < 4.78 is 0. The number of nitrogens with one attached hydrogen (secondary N) is 2. The van der Waals surface area contributed by atoms with E-state index in [1.54, 1.807) is 12.3 Å². The summed E-state index contributed by atoms with van der Waals surface area (Å²) in [5.74, 6) is 5.61. The first-order valence-electron chi connectivity index (χ1n) is 6.57. The number of amides is 1. The lowest BCUT2D eigenvalue weighted by Crippen LogP contribution is -2.38. The molecule has 1 aromatic rings. The molecule has 0 bridgehead atoms. The van der Waals surface area contributed by atoms with Gasteiger partial charge in [0.05, 0.1) is 17.4 Å². The third-order valence-corrected chi connectivity index (χ3v) is 3.66. The van der Waals surface area contributed by atoms with Crippen LogP contribution in [-0.2, 0) is 0 Å². The van der Waals surface area contributed by atoms with Crippen LogP contribution in [0.5, 0.6) is 0 Å². The van der Waals surface area contributed by atoms with E-state index in [1.165, 1.54) is 6.20 Å². The van der Waals surface area contributed by atoms with Crippen LogP contribution in [0.1, 0.15) is 36.0 Å². The second-order valence-electron chi connectivity index (χ2n) is 4.94. The number of rotatable bonds is 4. The maximum absolute atomic E-state index is 12.2. The van der Waals surface area contributed by atoms with Crippen molar-refractivity contribution < 1.29 is 9.90 Å². The van der Waals surface area contributed by atoms with Gasteiger partial charge in [0.2, 0.25) is 0 Å². The number of aliphatic hydroxyl groups is 1. The number of carbonyl (C=O) groups is 1. The summed E-state index contributed by atoms with van der Waals surface area (Å²) in [6.45, 7) is 0.242. The van der Waals surface area contributed by atoms with Crippen LogP contribution in [0.25, 0.3) is 0 Å². The van der Waals surface area contributed by atoms with Crippen LogP contribution < -0.4 is 16.6 Å². The normalized spacial score (nSPS) is 22.8. The summed E-state index contributed by atoms with van der Waals surface area (Å²) in [7, 11) is 0. The number of hydrazine groups is 1. The predicted molar refractivity (Wildman–Crippen MR) is 72.3 cm³/mol. The first-order valence-corrected chi connectivity index (χ1v) is 6.57. The number of nitrogens with two attached hydrogens (primary N) is 1. The quantitative estimate of drug-likeness (QED) is 0.472. The van der Waals surface area contributed by atoms with Gasteiger partial charge in [0.15, 0.2) is 0 Å². The fourth-order valence-electron chi connectivity index (χ4n) is 2.46. The number of aromatic nitrogens is 1. The topological polar surface area (TPSA) is 100 Å². The molecule has 19 heavy (non-hydrogen) atoms. The van der Waals surface area contributed by atoms with Crippen molar-refractivity contribution in [1.82, 2.24) is 10.3 Å². The smallest absolute Gasteiger partial charge is 0.253 e. The van der Waals surface area contributed by atoms with Crippen molar-refractivity contribution >= 4 is 11.6 Å². The number of carbonyl (C=O) groups excluding carboxylic acids is 1. The first-order chi connectivity index (χ1) is 9.24. The standard InChI is InChI=1S/C13H20N4O2/c14-17-12-7-15-6-5-11(12)13(19)16-10-3-1-9(8-18)2-4-10/h5-7,9-10,17-18H,1-4,8,14H2,(H,16,19). The Morgan fingerprint density at radius 3 is 2.79 bits per heavy atom. The molecular weight excluding hydrogens is 244 g/mol. The average molecular weight is 264 g/mol. The van der Waals surface area contributed by atoms with Crippen LogP contribution in [-0.4, -0.2) is 28.6 Å². The van der Waals surface area contributed by atoms with E-state index >= 15 is 0 Å². The summed E-state index contributed by atoms with van der Waals surface area (Å²) in [5.41, 5.74) is 3.49. The Labute approximate surface area is 112 Å². The highest BCUT2D eigenvalue weighted by Gasteiger charge is 2.22. The Kier molecular flexibility index (Phi) is 4.70. The third kappa shape index (κ3) is 3.42. The van der Waals surface area contributed by atoms with Crippen LogP contribution >= 0.6 is 0 Å². The summed E-state index contributed by atoms with van der Waals surface area (Å²) in [6.07, 6.45) is 6.83. The fourth-order valence-corrected chi connectivity index (χ4v) is 2.46. The van der Waals surface area contributed by atoms with Crippen molar-refractivity contribution in [3.63, 3.8) is 0 Å². The van der Waals surface area contributed by atoms with Gasteiger partial charge in [-0.05, 0) is 37.7 Å². The van der Waals surface area contributed by atoms with Gasteiger partial charge in [-0.15, -0.1) is 0 Å². The van der Waals surface area contributed by atoms with Gasteiger partial charge in [0, 0.05) is 18.8 Å². The number of nitrogen functional groups attached to an aromatic ring is 1. The highest BCUT2D eigenvalue weighted by Crippen LogP contribution is 2.24. The number of pyridine rings is 1. The molecule has 0 unspecified atom stereocenters. The minimum atomic E-state index is -0.136. The molecule has 0 radical (unpaired) electrons. The van der Waals surface area contributed by atoms with Crippen LogP contribution in [0.15, 0.2) is 18.5 Å². The molecule has 1 saturated carbocycles. The average Bonchev–Trinajstić information content (AvgIpc) is 2.48. The second-order valence-corrected chi connectivity index (χ2v) is 4.94. The molecule has 0 aromatic carbocycles. The molecule has 6 heteroatoms. The maximum Gasteiger partial charge on any atom is 0.253 e. The van der Waals surface area contributed by atoms with Crippen LogP contribution in [0.4, 0.5) is 5.69 Å². The second kappa shape index (κ2) is 6.49. The highest BCUT2D eigenvalue weighted by atomic mass is 16.3. The molecule has 1 aliphatic carbocycles. The molecule has 0 spiro atoms. The molecule has 1 heterocycles. The van der Waals surface area contributed by atoms with E-state index in [0.717, 1.165) is 25.7 Å². The number of nitrogens with zero attached hydrogens (tertiary/aromatic N) is 1. The minimum absolute atomic E-state index is 0.136. The molecule has 104 valence electrons. The van der Waals surface area contributed by atoms with E-state index in [9.17, 15) is 4.79 Å². The van der Waals surface area contributed by atoms with Crippen molar-refractivity contribution in [2.24, 2.45) is 11.8 Å². The number of hydrogen-bond donors (Lipinski definition) is 4. The molecule has 0 atom stereocenters. The molecule has 1 aliphatic rings. The van der Waals surface area contributed by atoms with E-state index < -0.39 is 0 Å². The van der Waals surface area contributed by atoms with E-state index in [4.69, 9.17) is 10.9 Å². The zero-order chi connectivity index (χ0) is 13.7. The number of aliphatic hydroxyl groups excluding tert-OH is 1. The SMILES string of the molecule is NNc1cnccc1C(=O)NC1CCC(CO)CC1. The molecule has 1 aromatic heterocycles. The van der Waals surface area contributed by atoms with Gasteiger partial charge in [0.1, 0.15) is 0 Å². The molecule has 2 rings (SSSR count). The third-order valence-electron chi connectivity index (χ3n) is 3.66. The van der Waals surface area contributed by atoms with Gasteiger partial charge in [-0.1, -0.05) is 0 Å². The Morgan fingerprint density at radius 2 is 2.16 bits per heavy atom. The van der Waals surface area contributed by atoms with Crippen molar-refractivity contribution in [2.75, 3.05) is 12.0 Å². The van der Waals surface area contributed by atoms with Gasteiger partial charge in [-0.25, -0.2) is 0 Å². The van der Waals surface area contributed by atoms with Crippen molar-refractivity contribution in [2.45, 2.75) is 31.7 Å². The predicted octanol–water partition coefficient (Wildman–Crippen LogP) is 0.648. The molecule has 0 saturated heterocycles. The zero-order valence-corrected chi connectivity index (χ0v) is 10.8. The summed E-state index contributed by atoms with van der Waals surface area (Å²) >= 11 is 0. The van der Waals surface area contributed by atoms with E-state index in [2.05, 4.69) is 15.7 Å². The van der Waals surface area contributed by atoms with Gasteiger partial charge in [-0.2, -0.15) is 0 Å². The van der Waals surface area contributed by atoms with Gasteiger partial charge >= 0.3 is 0 Å². The Morgan fingerprint density at radius 1 is 1.42 bits per heavy atom. The minimum Gasteiger partial charge on any atom is -0.396 e. The Bertz CT molecular complexity index is 430. The molecule has 1 fully saturated rings. The van der Waals surface area contributed by atoms with Crippen LogP contribution in [0.2, 0.25) is 0 Å². The van der Waals surface area contributed by atoms with Gasteiger partial charge in [-0.3, -0.25) is 15.6 Å². The lowest BCUT2D eigenvalue weighted by atomic mass is 9.86. The van der Waals surface area contributed by atoms with Crippen molar-refractivity contribution in [3.05, 3.63) is 24.0 Å². The Balaban J connectivity index is 1.94. The Hall–Kier alpha value is -1.66. The number of hydrogen-bond acceptors (Lipinski definition) is 5. The summed E-state index contributed by atoms with van der Waals surface area (Å²) in [5, 5.41) is 12.1. The van der Waals surface area contributed by atoms with E-state index in [1.807, 2.05) is 0 Å². The number of anilines is 1. The van der Waals surface area contributed by atoms with Crippen molar-refractivity contribution in [1.29, 1.82) is 0 Å². The highest BCUT2D eigenvalue weighted by molar-refractivity contribution is 5.99.